The maximum absolute atomic E-state index is 13.0. The molecule has 2 aliphatic carbocycles. The highest BCUT2D eigenvalue weighted by atomic mass is 35.5. The van der Waals surface area contributed by atoms with Gasteiger partial charge in [-0.2, -0.15) is 9.57 Å². The van der Waals surface area contributed by atoms with Crippen molar-refractivity contribution in [2.24, 2.45) is 0 Å². The van der Waals surface area contributed by atoms with E-state index in [0.29, 0.717) is 12.8 Å². The molecule has 2 fully saturated rings. The van der Waals surface area contributed by atoms with Crippen molar-refractivity contribution in [3.8, 4) is 6.07 Å². The van der Waals surface area contributed by atoms with Gasteiger partial charge in [0.2, 0.25) is 10.0 Å². The third-order valence-electron chi connectivity index (χ3n) is 4.14. The molecule has 0 bridgehead atoms. The summed E-state index contributed by atoms with van der Waals surface area (Å²) >= 11 is 12.0. The summed E-state index contributed by atoms with van der Waals surface area (Å²) in [6.45, 7) is 0. The highest BCUT2D eigenvalue weighted by Crippen LogP contribution is 2.47. The number of nitrogens with zero attached hydrogens (tertiary/aromatic N) is 2. The third kappa shape index (κ3) is 2.35. The molecule has 0 atom stereocenters. The van der Waals surface area contributed by atoms with E-state index in [9.17, 15) is 13.7 Å². The fourth-order valence-corrected chi connectivity index (χ4v) is 5.50. The Hall–Kier alpha value is -0.800. The van der Waals surface area contributed by atoms with Crippen LogP contribution in [0.1, 0.15) is 32.1 Å². The molecule has 7 heteroatoms. The van der Waals surface area contributed by atoms with E-state index >= 15 is 0 Å². The molecule has 112 valence electrons. The summed E-state index contributed by atoms with van der Waals surface area (Å²) in [5.41, 5.74) is -0.911. The lowest BCUT2D eigenvalue weighted by Crippen LogP contribution is -2.56. The van der Waals surface area contributed by atoms with Gasteiger partial charge in [-0.15, -0.1) is 0 Å². The first kappa shape index (κ1) is 15.1. The molecule has 0 aliphatic heterocycles. The number of rotatable bonds is 4. The van der Waals surface area contributed by atoms with Crippen molar-refractivity contribution in [1.29, 1.82) is 5.26 Å². The Balaban J connectivity index is 2.11. The van der Waals surface area contributed by atoms with Gasteiger partial charge in [0, 0.05) is 6.04 Å². The maximum atomic E-state index is 13.0. The summed E-state index contributed by atoms with van der Waals surface area (Å²) in [5, 5.41) is 9.73. The number of nitriles is 1. The van der Waals surface area contributed by atoms with Crippen LogP contribution in [0.4, 0.5) is 0 Å². The second-order valence-electron chi connectivity index (χ2n) is 5.58. The van der Waals surface area contributed by atoms with Gasteiger partial charge in [-0.05, 0) is 44.2 Å². The Bertz CT molecular complexity index is 719. The van der Waals surface area contributed by atoms with Gasteiger partial charge >= 0.3 is 0 Å². The van der Waals surface area contributed by atoms with Crippen LogP contribution in [0.15, 0.2) is 23.1 Å². The molecule has 2 saturated carbocycles. The quantitative estimate of drug-likeness (QED) is 0.838. The minimum atomic E-state index is -3.83. The molecule has 21 heavy (non-hydrogen) atoms. The van der Waals surface area contributed by atoms with Gasteiger partial charge < -0.3 is 0 Å². The average Bonchev–Trinajstić information content (AvgIpc) is 3.20. The summed E-state index contributed by atoms with van der Waals surface area (Å²) < 4.78 is 27.4. The van der Waals surface area contributed by atoms with Crippen LogP contribution in [-0.4, -0.2) is 24.3 Å². The number of benzene rings is 1. The normalized spacial score (nSPS) is 20.9. The first-order valence-corrected chi connectivity index (χ1v) is 9.02. The zero-order valence-corrected chi connectivity index (χ0v) is 13.5. The lowest BCUT2D eigenvalue weighted by molar-refractivity contribution is 0.140. The van der Waals surface area contributed by atoms with Gasteiger partial charge in [0.1, 0.15) is 10.4 Å². The lowest BCUT2D eigenvalue weighted by atomic mass is 9.78. The van der Waals surface area contributed by atoms with E-state index in [1.807, 2.05) is 0 Å². The van der Waals surface area contributed by atoms with Gasteiger partial charge in [0.25, 0.3) is 0 Å². The predicted octanol–water partition coefficient (Wildman–Crippen LogP) is 3.59. The molecule has 1 aromatic carbocycles. The Kier molecular flexibility index (Phi) is 3.69. The van der Waals surface area contributed by atoms with Crippen molar-refractivity contribution >= 4 is 33.2 Å². The summed E-state index contributed by atoms with van der Waals surface area (Å²) in [6.07, 6.45) is 3.62. The SMILES string of the molecule is N#CC1(N(C2CC2)S(=O)(=O)c2cccc(Cl)c2Cl)CCC1. The monoisotopic (exact) mass is 344 g/mol. The molecule has 0 radical (unpaired) electrons. The van der Waals surface area contributed by atoms with Crippen molar-refractivity contribution in [3.05, 3.63) is 28.2 Å². The topological polar surface area (TPSA) is 61.2 Å². The number of halogens is 2. The highest BCUT2D eigenvalue weighted by molar-refractivity contribution is 7.89. The standard InChI is InChI=1S/C14H14Cl2N2O2S/c15-11-3-1-4-12(13(11)16)21(19,20)18(10-5-6-10)14(9-17)7-2-8-14/h1,3-4,10H,2,5-8H2. The Labute approximate surface area is 134 Å². The van der Waals surface area contributed by atoms with Gasteiger partial charge in [0.05, 0.1) is 16.1 Å². The minimum absolute atomic E-state index is 0.00917. The average molecular weight is 345 g/mol. The van der Waals surface area contributed by atoms with Crippen LogP contribution in [0.5, 0.6) is 0 Å². The van der Waals surface area contributed by atoms with Gasteiger partial charge in [-0.3, -0.25) is 0 Å². The number of hydrogen-bond acceptors (Lipinski definition) is 3. The molecule has 0 aromatic heterocycles. The van der Waals surface area contributed by atoms with Crippen LogP contribution >= 0.6 is 23.2 Å². The van der Waals surface area contributed by atoms with Crippen molar-refractivity contribution in [3.63, 3.8) is 0 Å². The van der Waals surface area contributed by atoms with E-state index in [4.69, 9.17) is 23.2 Å². The molecule has 4 nitrogen and oxygen atoms in total. The molecular formula is C14H14Cl2N2O2S. The van der Waals surface area contributed by atoms with E-state index in [-0.39, 0.29) is 21.0 Å². The molecule has 1 aromatic rings. The molecular weight excluding hydrogens is 331 g/mol. The minimum Gasteiger partial charge on any atom is -0.207 e. The first-order valence-electron chi connectivity index (χ1n) is 6.82. The van der Waals surface area contributed by atoms with E-state index in [2.05, 4.69) is 6.07 Å². The molecule has 3 rings (SSSR count). The summed E-state index contributed by atoms with van der Waals surface area (Å²) in [7, 11) is -3.83. The largest absolute Gasteiger partial charge is 0.246 e. The molecule has 0 N–H and O–H groups in total. The first-order chi connectivity index (χ1) is 9.92. The van der Waals surface area contributed by atoms with Crippen LogP contribution in [0.3, 0.4) is 0 Å². The molecule has 0 heterocycles. The summed E-state index contributed by atoms with van der Waals surface area (Å²) in [4.78, 5) is -0.00917. The van der Waals surface area contributed by atoms with Crippen molar-refractivity contribution in [2.75, 3.05) is 0 Å². The third-order valence-corrected chi connectivity index (χ3v) is 7.13. The lowest BCUT2D eigenvalue weighted by Gasteiger charge is -2.44. The fourth-order valence-electron chi connectivity index (χ4n) is 2.77. The maximum Gasteiger partial charge on any atom is 0.246 e. The zero-order chi connectivity index (χ0) is 15.3. The second-order valence-corrected chi connectivity index (χ2v) is 8.15. The molecule has 0 spiro atoms. The summed E-state index contributed by atoms with van der Waals surface area (Å²) in [6, 6.07) is 6.68. The molecule has 0 amide bonds. The molecule has 2 aliphatic rings. The van der Waals surface area contributed by atoms with Crippen LogP contribution in [0.25, 0.3) is 0 Å². The highest BCUT2D eigenvalue weighted by Gasteiger charge is 2.55. The van der Waals surface area contributed by atoms with Crippen molar-refractivity contribution < 1.29 is 8.42 Å². The van der Waals surface area contributed by atoms with Crippen molar-refractivity contribution in [2.45, 2.75) is 48.6 Å². The molecule has 0 saturated heterocycles. The predicted molar refractivity (Wildman–Crippen MR) is 80.7 cm³/mol. The zero-order valence-electron chi connectivity index (χ0n) is 11.2. The van der Waals surface area contributed by atoms with Gasteiger partial charge in [-0.25, -0.2) is 8.42 Å². The van der Waals surface area contributed by atoms with Crippen LogP contribution in [-0.2, 0) is 10.0 Å². The Morgan fingerprint density at radius 1 is 1.29 bits per heavy atom. The fraction of sp³-hybridized carbons (Fsp3) is 0.500. The van der Waals surface area contributed by atoms with Crippen molar-refractivity contribution in [1.82, 2.24) is 4.31 Å². The second kappa shape index (κ2) is 5.13. The van der Waals surface area contributed by atoms with E-state index in [1.54, 1.807) is 12.1 Å². The van der Waals surface area contributed by atoms with E-state index in [1.165, 1.54) is 10.4 Å². The number of hydrogen-bond donors (Lipinski definition) is 0. The van der Waals surface area contributed by atoms with E-state index < -0.39 is 15.6 Å². The smallest absolute Gasteiger partial charge is 0.207 e. The van der Waals surface area contributed by atoms with Gasteiger partial charge in [0.15, 0.2) is 0 Å². The van der Waals surface area contributed by atoms with Crippen LogP contribution in [0, 0.1) is 11.3 Å². The number of sulfonamides is 1. The van der Waals surface area contributed by atoms with Crippen LogP contribution < -0.4 is 0 Å². The summed E-state index contributed by atoms with van der Waals surface area (Å²) in [5.74, 6) is 0. The van der Waals surface area contributed by atoms with Crippen LogP contribution in [0.2, 0.25) is 10.0 Å². The van der Waals surface area contributed by atoms with E-state index in [0.717, 1.165) is 19.3 Å². The molecule has 0 unspecified atom stereocenters. The Morgan fingerprint density at radius 3 is 2.43 bits per heavy atom. The Morgan fingerprint density at radius 2 is 1.95 bits per heavy atom. The van der Waals surface area contributed by atoms with Gasteiger partial charge in [-0.1, -0.05) is 29.3 Å².